The summed E-state index contributed by atoms with van der Waals surface area (Å²) in [6.45, 7) is 2.14. The van der Waals surface area contributed by atoms with Gasteiger partial charge >= 0.3 is 6.18 Å². The van der Waals surface area contributed by atoms with Crippen LogP contribution in [-0.2, 0) is 26.3 Å². The number of alkyl halides is 3. The molecular weight excluding hydrogens is 656 g/mol. The van der Waals surface area contributed by atoms with E-state index in [4.69, 9.17) is 4.98 Å². The number of pyridine rings is 2. The van der Waals surface area contributed by atoms with Gasteiger partial charge < -0.3 is 10.1 Å². The summed E-state index contributed by atoms with van der Waals surface area (Å²) in [5.74, 6) is -1.37. The van der Waals surface area contributed by atoms with Crippen molar-refractivity contribution in [1.29, 1.82) is 0 Å². The summed E-state index contributed by atoms with van der Waals surface area (Å²) in [4.78, 5) is 11.9. The molecule has 0 fully saturated rings. The molecule has 0 bridgehead atoms. The molecule has 0 N–H and O–H groups in total. The predicted molar refractivity (Wildman–Crippen MR) is 132 cm³/mol. The van der Waals surface area contributed by atoms with Gasteiger partial charge in [-0.3, -0.25) is 15.1 Å². The molecule has 37 heavy (non-hydrogen) atoms. The molecular formula is C28H18F3IrN5-2. The Morgan fingerprint density at radius 1 is 0.811 bits per heavy atom. The first kappa shape index (κ1) is 26.1. The number of aromatic nitrogens is 5. The van der Waals surface area contributed by atoms with Crippen LogP contribution in [0.25, 0.3) is 44.5 Å². The first-order valence-corrected chi connectivity index (χ1v) is 11.0. The molecule has 0 atom stereocenters. The number of fused-ring (bicyclic) bond motifs is 2. The Morgan fingerprint density at radius 2 is 1.54 bits per heavy atom. The van der Waals surface area contributed by atoms with Gasteiger partial charge in [0.15, 0.2) is 0 Å². The van der Waals surface area contributed by atoms with Crippen molar-refractivity contribution in [3.8, 4) is 22.8 Å². The van der Waals surface area contributed by atoms with Gasteiger partial charge in [0.25, 0.3) is 0 Å². The van der Waals surface area contributed by atoms with Crippen molar-refractivity contribution in [2.45, 2.75) is 13.1 Å². The maximum absolute atomic E-state index is 12.1. The molecule has 6 rings (SSSR count). The average Bonchev–Trinajstić information content (AvgIpc) is 3.41. The largest absolute Gasteiger partial charge is 0.429 e. The summed E-state index contributed by atoms with van der Waals surface area (Å²) >= 11 is 0. The fraction of sp³-hybridized carbons (Fsp3) is 0.0714. The van der Waals surface area contributed by atoms with Gasteiger partial charge in [0, 0.05) is 31.7 Å². The third-order valence-corrected chi connectivity index (χ3v) is 5.50. The third kappa shape index (κ3) is 5.74. The molecule has 0 aliphatic rings. The van der Waals surface area contributed by atoms with E-state index in [0.29, 0.717) is 0 Å². The van der Waals surface area contributed by atoms with Gasteiger partial charge in [-0.15, -0.1) is 29.1 Å². The molecule has 0 aliphatic carbocycles. The van der Waals surface area contributed by atoms with Crippen molar-refractivity contribution in [2.24, 2.45) is 0 Å². The van der Waals surface area contributed by atoms with Crippen molar-refractivity contribution in [1.82, 2.24) is 25.1 Å². The maximum Gasteiger partial charge on any atom is 0.429 e. The van der Waals surface area contributed by atoms with Crippen LogP contribution in [0.4, 0.5) is 13.2 Å². The molecule has 0 saturated carbocycles. The normalized spacial score (nSPS) is 11.0. The minimum Gasteiger partial charge on any atom is -0.413 e. The van der Waals surface area contributed by atoms with E-state index in [-0.39, 0.29) is 31.6 Å². The van der Waals surface area contributed by atoms with Crippen LogP contribution < -0.4 is 5.10 Å². The molecule has 1 radical (unpaired) electrons. The van der Waals surface area contributed by atoms with Crippen LogP contribution in [0.1, 0.15) is 11.4 Å². The number of nitrogens with zero attached hydrogens (tertiary/aromatic N) is 5. The van der Waals surface area contributed by atoms with E-state index in [9.17, 15) is 13.2 Å². The summed E-state index contributed by atoms with van der Waals surface area (Å²) in [6.07, 6.45) is -3.13. The molecule has 0 aliphatic heterocycles. The van der Waals surface area contributed by atoms with Gasteiger partial charge in [-0.1, -0.05) is 60.0 Å². The smallest absolute Gasteiger partial charge is 0.413 e. The molecule has 0 unspecified atom stereocenters. The second-order valence-corrected chi connectivity index (χ2v) is 7.95. The van der Waals surface area contributed by atoms with E-state index in [1.54, 1.807) is 12.1 Å². The zero-order valence-corrected chi connectivity index (χ0v) is 21.8. The van der Waals surface area contributed by atoms with Gasteiger partial charge in [0.05, 0.1) is 11.2 Å². The van der Waals surface area contributed by atoms with Crippen LogP contribution in [0.2, 0.25) is 0 Å². The van der Waals surface area contributed by atoms with Crippen LogP contribution in [0.5, 0.6) is 0 Å². The van der Waals surface area contributed by atoms with E-state index in [2.05, 4.69) is 87.8 Å². The molecule has 3 aromatic heterocycles. The zero-order chi connectivity index (χ0) is 25.1. The predicted octanol–water partition coefficient (Wildman–Crippen LogP) is 6.68. The second kappa shape index (κ2) is 11.0. The molecule has 6 aromatic rings. The average molecular weight is 674 g/mol. The van der Waals surface area contributed by atoms with Gasteiger partial charge in [0.2, 0.25) is 0 Å². The van der Waals surface area contributed by atoms with Crippen LogP contribution in [0.15, 0.2) is 91.1 Å². The first-order valence-electron chi connectivity index (χ1n) is 11.0. The topological polar surface area (TPSA) is 65.7 Å². The molecule has 0 spiro atoms. The molecule has 3 heterocycles. The molecule has 187 valence electrons. The minimum atomic E-state index is -4.57. The monoisotopic (exact) mass is 674 g/mol. The molecule has 9 heteroatoms. The Hall–Kier alpha value is -3.94. The van der Waals surface area contributed by atoms with Crippen molar-refractivity contribution in [3.05, 3.63) is 109 Å². The van der Waals surface area contributed by atoms with Crippen LogP contribution >= 0.6 is 0 Å². The maximum atomic E-state index is 12.1. The standard InChI is InChI=1S/C20H14N.C8H4F3N4.Ir/c1-14-13-20(21-19-12-5-4-9-16(14)19)18-11-6-8-15-7-2-3-10-17(15)18;9-8(10,11)7-13-6(14-15-7)5-3-1-2-4-12-5;/h2-10,12-13H,1H3;1-4H;/q2*-1;. The number of hydrogen-bond donors (Lipinski definition) is 0. The summed E-state index contributed by atoms with van der Waals surface area (Å²) in [6, 6.07) is 31.0. The summed E-state index contributed by atoms with van der Waals surface area (Å²) in [5, 5.41) is 9.87. The molecule has 0 saturated heterocycles. The Bertz CT molecular complexity index is 1640. The van der Waals surface area contributed by atoms with E-state index in [0.717, 1.165) is 16.8 Å². The fourth-order valence-corrected chi connectivity index (χ4v) is 3.82. The number of aryl methyl sites for hydroxylation is 1. The van der Waals surface area contributed by atoms with Crippen LogP contribution in [0.3, 0.4) is 0 Å². The SMILES string of the molecule is Cc1cc(-c2[c-]ccc3ccccc23)nc2ccccc12.FC(F)(F)c1n[n-]c(-c2ccccn2)n1.[Ir]. The van der Waals surface area contributed by atoms with E-state index in [1.165, 1.54) is 34.0 Å². The fourth-order valence-electron chi connectivity index (χ4n) is 3.82. The Balaban J connectivity index is 0.000000178. The number of hydrogen-bond acceptors (Lipinski definition) is 4. The number of rotatable bonds is 2. The van der Waals surface area contributed by atoms with Gasteiger partial charge in [-0.2, -0.15) is 13.2 Å². The van der Waals surface area contributed by atoms with E-state index >= 15 is 0 Å². The summed E-state index contributed by atoms with van der Waals surface area (Å²) < 4.78 is 36.4. The second-order valence-electron chi connectivity index (χ2n) is 7.95. The zero-order valence-electron chi connectivity index (χ0n) is 19.4. The third-order valence-electron chi connectivity index (χ3n) is 5.50. The number of benzene rings is 3. The van der Waals surface area contributed by atoms with Crippen molar-refractivity contribution >= 4 is 21.7 Å². The Labute approximate surface area is 224 Å². The van der Waals surface area contributed by atoms with Crippen molar-refractivity contribution < 1.29 is 33.3 Å². The van der Waals surface area contributed by atoms with E-state index in [1.807, 2.05) is 12.1 Å². The van der Waals surface area contributed by atoms with Gasteiger partial charge in [-0.05, 0) is 42.2 Å². The first-order chi connectivity index (χ1) is 17.4. The summed E-state index contributed by atoms with van der Waals surface area (Å²) in [7, 11) is 0. The number of para-hydroxylation sites is 1. The summed E-state index contributed by atoms with van der Waals surface area (Å²) in [5.41, 5.74) is 4.61. The Kier molecular flexibility index (Phi) is 7.76. The van der Waals surface area contributed by atoms with Crippen LogP contribution in [0, 0.1) is 13.0 Å². The number of halogens is 3. The van der Waals surface area contributed by atoms with Crippen molar-refractivity contribution in [3.63, 3.8) is 0 Å². The van der Waals surface area contributed by atoms with Gasteiger partial charge in [0.1, 0.15) is 5.82 Å². The molecule has 3 aromatic carbocycles. The van der Waals surface area contributed by atoms with Crippen molar-refractivity contribution in [2.75, 3.05) is 0 Å². The Morgan fingerprint density at radius 3 is 2.27 bits per heavy atom. The van der Waals surface area contributed by atoms with Crippen LogP contribution in [-0.4, -0.2) is 20.1 Å². The van der Waals surface area contributed by atoms with E-state index < -0.39 is 12.0 Å². The molecule has 5 nitrogen and oxygen atoms in total. The van der Waals surface area contributed by atoms with Gasteiger partial charge in [-0.25, -0.2) is 0 Å². The quantitative estimate of drug-likeness (QED) is 0.192. The minimum absolute atomic E-state index is 0. The molecule has 0 amide bonds.